The van der Waals surface area contributed by atoms with Crippen LogP contribution >= 0.6 is 0 Å². The van der Waals surface area contributed by atoms with Gasteiger partial charge in [-0.15, -0.1) is 0 Å². The van der Waals surface area contributed by atoms with Crippen molar-refractivity contribution in [2.75, 3.05) is 46.1 Å². The molecule has 2 heterocycles. The Kier molecular flexibility index (Phi) is 8.09. The number of aromatic nitrogens is 1. The molecule has 0 unspecified atom stereocenters. The third-order valence-corrected chi connectivity index (χ3v) is 5.81. The van der Waals surface area contributed by atoms with Gasteiger partial charge in [-0.2, -0.15) is 0 Å². The lowest BCUT2D eigenvalue weighted by Gasteiger charge is -2.26. The van der Waals surface area contributed by atoms with Gasteiger partial charge in [0, 0.05) is 36.3 Å². The van der Waals surface area contributed by atoms with E-state index < -0.39 is 10.9 Å². The molecule has 188 valence electrons. The first kappa shape index (κ1) is 25.1. The third kappa shape index (κ3) is 5.78. The minimum Gasteiger partial charge on any atom is -0.515 e. The maximum Gasteiger partial charge on any atom is 0.341 e. The lowest BCUT2D eigenvalue weighted by Crippen LogP contribution is -2.38. The molecule has 1 saturated heterocycles. The zero-order valence-electron chi connectivity index (χ0n) is 19.9. The van der Waals surface area contributed by atoms with Crippen molar-refractivity contribution in [3.05, 3.63) is 74.8 Å². The monoisotopic (exact) mass is 493 g/mol. The Morgan fingerprint density at radius 1 is 1.19 bits per heavy atom. The number of nitro benzene ring substituents is 1. The van der Waals surface area contributed by atoms with Gasteiger partial charge in [0.25, 0.3) is 5.69 Å². The van der Waals surface area contributed by atoms with Gasteiger partial charge in [-0.25, -0.2) is 9.78 Å². The number of benzene rings is 2. The van der Waals surface area contributed by atoms with Crippen molar-refractivity contribution >= 4 is 34.4 Å². The fourth-order valence-corrected chi connectivity index (χ4v) is 4.00. The highest BCUT2D eigenvalue weighted by Gasteiger charge is 2.22. The number of nitrogens with zero attached hydrogens (tertiary/aromatic N) is 3. The summed E-state index contributed by atoms with van der Waals surface area (Å²) in [5.41, 5.74) is 0.469. The quantitative estimate of drug-likeness (QED) is 0.285. The van der Waals surface area contributed by atoms with Gasteiger partial charge < -0.3 is 19.3 Å². The molecule has 2 aromatic carbocycles. The number of ether oxygens (including phenoxy) is 3. The normalized spacial score (nSPS) is 15.5. The minimum atomic E-state index is -0.726. The van der Waals surface area contributed by atoms with Gasteiger partial charge in [0.1, 0.15) is 12.4 Å². The molecule has 36 heavy (non-hydrogen) atoms. The van der Waals surface area contributed by atoms with Crippen LogP contribution in [0.15, 0.2) is 48.5 Å². The van der Waals surface area contributed by atoms with E-state index in [2.05, 4.69) is 9.88 Å². The van der Waals surface area contributed by atoms with E-state index in [0.29, 0.717) is 17.9 Å². The van der Waals surface area contributed by atoms with Crippen molar-refractivity contribution in [3.63, 3.8) is 0 Å². The number of non-ortho nitro benzene ring substituents is 1. The van der Waals surface area contributed by atoms with Crippen molar-refractivity contribution in [3.8, 4) is 5.75 Å². The standard InChI is InChI=1S/C26H27N3O7/c1-2-35-26(31)25(21-6-3-18(17-30)15-24(21)29(32)33)23-7-4-19-16-20(5-8-22(19)27-23)36-14-11-28-9-12-34-13-10-28/h3-8,15-17,30H,2,9-14H2,1H3/b18-17?,25-21-. The average molecular weight is 494 g/mol. The number of hydrogen-bond acceptors (Lipinski definition) is 9. The van der Waals surface area contributed by atoms with Gasteiger partial charge in [0.05, 0.1) is 53.0 Å². The van der Waals surface area contributed by atoms with Crippen LogP contribution in [-0.2, 0) is 14.3 Å². The molecule has 0 amide bonds. The highest BCUT2D eigenvalue weighted by Crippen LogP contribution is 2.23. The van der Waals surface area contributed by atoms with Crippen LogP contribution in [0.4, 0.5) is 5.69 Å². The number of pyridine rings is 1. The van der Waals surface area contributed by atoms with Crippen LogP contribution in [0.2, 0.25) is 0 Å². The summed E-state index contributed by atoms with van der Waals surface area (Å²) >= 11 is 0. The summed E-state index contributed by atoms with van der Waals surface area (Å²) in [5, 5.41) is 22.1. The van der Waals surface area contributed by atoms with E-state index in [4.69, 9.17) is 14.2 Å². The van der Waals surface area contributed by atoms with Crippen molar-refractivity contribution in [1.82, 2.24) is 9.88 Å². The number of esters is 1. The molecule has 4 rings (SSSR count). The van der Waals surface area contributed by atoms with Crippen LogP contribution in [0.1, 0.15) is 12.6 Å². The topological polar surface area (TPSA) is 124 Å². The fourth-order valence-electron chi connectivity index (χ4n) is 4.00. The first-order valence-corrected chi connectivity index (χ1v) is 11.6. The number of aliphatic hydroxyl groups is 1. The number of hydrogen-bond donors (Lipinski definition) is 1. The SMILES string of the molecule is CCOC(=O)/C(c1ccc2cc(OCCN3CCOCC3)ccc2n1)=c1/ccc(=CO)cc1[N+](=O)[O-]. The van der Waals surface area contributed by atoms with E-state index in [1.807, 2.05) is 6.07 Å². The highest BCUT2D eigenvalue weighted by atomic mass is 16.6. The number of fused-ring (bicyclic) bond motifs is 1. The first-order chi connectivity index (χ1) is 17.5. The summed E-state index contributed by atoms with van der Waals surface area (Å²) in [5.74, 6) is -0.0253. The Hall–Kier alpha value is -4.02. The van der Waals surface area contributed by atoms with E-state index in [0.717, 1.165) is 44.5 Å². The molecule has 0 bridgehead atoms. The fraction of sp³-hybridized carbons (Fsp3) is 0.308. The molecular weight excluding hydrogens is 466 g/mol. The van der Waals surface area contributed by atoms with Crippen LogP contribution in [-0.4, -0.2) is 71.9 Å². The predicted molar refractivity (Wildman–Crippen MR) is 133 cm³/mol. The second kappa shape index (κ2) is 11.6. The van der Waals surface area contributed by atoms with Crippen molar-refractivity contribution in [2.24, 2.45) is 0 Å². The van der Waals surface area contributed by atoms with Crippen LogP contribution in [0.5, 0.6) is 5.75 Å². The number of aliphatic hydroxyl groups excluding tert-OH is 1. The molecule has 0 atom stereocenters. The lowest BCUT2D eigenvalue weighted by atomic mass is 10.0. The molecule has 0 aliphatic carbocycles. The Balaban J connectivity index is 1.68. The number of morpholine rings is 1. The molecule has 1 aliphatic rings. The second-order valence-corrected chi connectivity index (χ2v) is 8.11. The van der Waals surface area contributed by atoms with E-state index >= 15 is 0 Å². The van der Waals surface area contributed by atoms with Crippen molar-refractivity contribution in [1.29, 1.82) is 0 Å². The average Bonchev–Trinajstić information content (AvgIpc) is 2.89. The minimum absolute atomic E-state index is 0.0271. The number of carbonyl (C=O) groups is 1. The second-order valence-electron chi connectivity index (χ2n) is 8.11. The Morgan fingerprint density at radius 2 is 2.00 bits per heavy atom. The summed E-state index contributed by atoms with van der Waals surface area (Å²) in [4.78, 5) is 30.9. The van der Waals surface area contributed by atoms with Crippen molar-refractivity contribution < 1.29 is 29.0 Å². The number of nitro groups is 1. The molecule has 1 N–H and O–H groups in total. The molecule has 0 spiro atoms. The lowest BCUT2D eigenvalue weighted by molar-refractivity contribution is -0.386. The maximum absolute atomic E-state index is 12.9. The highest BCUT2D eigenvalue weighted by molar-refractivity contribution is 6.16. The van der Waals surface area contributed by atoms with E-state index in [9.17, 15) is 20.0 Å². The van der Waals surface area contributed by atoms with Gasteiger partial charge in [-0.05, 0) is 37.3 Å². The van der Waals surface area contributed by atoms with E-state index in [1.54, 1.807) is 31.2 Å². The number of rotatable bonds is 8. The Bertz CT molecular complexity index is 1380. The molecule has 1 fully saturated rings. The van der Waals surface area contributed by atoms with Gasteiger partial charge in [0.2, 0.25) is 0 Å². The smallest absolute Gasteiger partial charge is 0.341 e. The van der Waals surface area contributed by atoms with Gasteiger partial charge >= 0.3 is 5.97 Å². The van der Waals surface area contributed by atoms with Crippen LogP contribution < -0.4 is 15.2 Å². The van der Waals surface area contributed by atoms with E-state index in [-0.39, 0.29) is 34.0 Å². The third-order valence-electron chi connectivity index (χ3n) is 5.81. The van der Waals surface area contributed by atoms with Crippen LogP contribution in [0.3, 0.4) is 0 Å². The largest absolute Gasteiger partial charge is 0.515 e. The van der Waals surface area contributed by atoms with E-state index in [1.165, 1.54) is 18.2 Å². The zero-order valence-corrected chi connectivity index (χ0v) is 19.9. The molecule has 10 nitrogen and oxygen atoms in total. The molecule has 0 saturated carbocycles. The molecule has 3 aromatic rings. The van der Waals surface area contributed by atoms with Crippen LogP contribution in [0.25, 0.3) is 22.7 Å². The summed E-state index contributed by atoms with van der Waals surface area (Å²) in [6.07, 6.45) is 0.760. The summed E-state index contributed by atoms with van der Waals surface area (Å²) < 4.78 is 16.5. The molecule has 0 radical (unpaired) electrons. The van der Waals surface area contributed by atoms with Gasteiger partial charge in [-0.3, -0.25) is 15.0 Å². The zero-order chi connectivity index (χ0) is 25.5. The van der Waals surface area contributed by atoms with Crippen LogP contribution in [0, 0.1) is 10.1 Å². The summed E-state index contributed by atoms with van der Waals surface area (Å²) in [6.45, 7) is 6.37. The first-order valence-electron chi connectivity index (χ1n) is 11.6. The summed E-state index contributed by atoms with van der Waals surface area (Å²) in [6, 6.07) is 12.9. The molecule has 1 aliphatic heterocycles. The van der Waals surface area contributed by atoms with Gasteiger partial charge in [-0.1, -0.05) is 12.1 Å². The predicted octanol–water partition coefficient (Wildman–Crippen LogP) is 1.91. The molecule has 10 heteroatoms. The summed E-state index contributed by atoms with van der Waals surface area (Å²) in [7, 11) is 0. The Morgan fingerprint density at radius 3 is 2.72 bits per heavy atom. The molecular formula is C26H27N3O7. The van der Waals surface area contributed by atoms with Gasteiger partial charge in [0.15, 0.2) is 0 Å². The number of carbonyl (C=O) groups excluding carboxylic acids is 1. The molecule has 1 aromatic heterocycles. The Labute approximate surface area is 207 Å². The maximum atomic E-state index is 12.9. The van der Waals surface area contributed by atoms with Crippen molar-refractivity contribution in [2.45, 2.75) is 6.92 Å².